The Morgan fingerprint density at radius 3 is 2.91 bits per heavy atom. The molecule has 0 bridgehead atoms. The van der Waals surface area contributed by atoms with E-state index in [1.54, 1.807) is 0 Å². The summed E-state index contributed by atoms with van der Waals surface area (Å²) in [6.45, 7) is 11.4. The lowest BCUT2D eigenvalue weighted by Crippen LogP contribution is -2.44. The van der Waals surface area contributed by atoms with Crippen LogP contribution in [0, 0.1) is 0 Å². The number of nitrogens with zero attached hydrogens (tertiary/aromatic N) is 2. The van der Waals surface area contributed by atoms with Crippen molar-refractivity contribution in [1.82, 2.24) is 14.8 Å². The van der Waals surface area contributed by atoms with Crippen LogP contribution in [0.1, 0.15) is 52.7 Å². The van der Waals surface area contributed by atoms with Crippen molar-refractivity contribution < 1.29 is 9.53 Å². The van der Waals surface area contributed by atoms with Gasteiger partial charge in [0.05, 0.1) is 0 Å². The van der Waals surface area contributed by atoms with E-state index in [2.05, 4.69) is 35.1 Å². The van der Waals surface area contributed by atoms with Gasteiger partial charge in [0.1, 0.15) is 5.60 Å². The maximum atomic E-state index is 12.3. The van der Waals surface area contributed by atoms with Gasteiger partial charge < -0.3 is 19.5 Å². The molecule has 0 spiro atoms. The molecular weight excluding hydrogens is 290 g/mol. The molecule has 1 N–H and O–H groups in total. The first-order valence-corrected chi connectivity index (χ1v) is 8.75. The molecule has 1 unspecified atom stereocenters. The summed E-state index contributed by atoms with van der Waals surface area (Å²) >= 11 is 0. The highest BCUT2D eigenvalue weighted by atomic mass is 16.6. The SMILES string of the molecule is CCCn1cccc1CNCC1CCCN1C(=O)OC(C)(C)C. The van der Waals surface area contributed by atoms with Gasteiger partial charge >= 0.3 is 6.09 Å². The average Bonchev–Trinajstić information content (AvgIpc) is 3.07. The van der Waals surface area contributed by atoms with Crippen molar-refractivity contribution in [1.29, 1.82) is 0 Å². The maximum absolute atomic E-state index is 12.3. The predicted octanol–water partition coefficient (Wildman–Crippen LogP) is 3.39. The molecule has 2 heterocycles. The zero-order chi connectivity index (χ0) is 16.9. The third-order valence-electron chi connectivity index (χ3n) is 4.08. The smallest absolute Gasteiger partial charge is 0.410 e. The van der Waals surface area contributed by atoms with Crippen LogP contribution >= 0.6 is 0 Å². The zero-order valence-electron chi connectivity index (χ0n) is 15.0. The molecule has 23 heavy (non-hydrogen) atoms. The number of aromatic nitrogens is 1. The fourth-order valence-electron chi connectivity index (χ4n) is 3.04. The summed E-state index contributed by atoms with van der Waals surface area (Å²) in [5.74, 6) is 0. The lowest BCUT2D eigenvalue weighted by atomic mass is 10.2. The van der Waals surface area contributed by atoms with Crippen LogP contribution in [-0.2, 0) is 17.8 Å². The number of carbonyl (C=O) groups excluding carboxylic acids is 1. The van der Waals surface area contributed by atoms with Crippen LogP contribution in [0.2, 0.25) is 0 Å². The van der Waals surface area contributed by atoms with Crippen LogP contribution in [0.15, 0.2) is 18.3 Å². The highest BCUT2D eigenvalue weighted by Gasteiger charge is 2.31. The van der Waals surface area contributed by atoms with Gasteiger partial charge in [0.2, 0.25) is 0 Å². The van der Waals surface area contributed by atoms with Crippen LogP contribution in [0.25, 0.3) is 0 Å². The van der Waals surface area contributed by atoms with Crippen molar-refractivity contribution in [2.24, 2.45) is 0 Å². The number of carbonyl (C=O) groups is 1. The lowest BCUT2D eigenvalue weighted by Gasteiger charge is -2.28. The molecule has 1 aliphatic rings. The Labute approximate surface area is 140 Å². The number of nitrogens with one attached hydrogen (secondary N) is 1. The molecule has 1 aliphatic heterocycles. The quantitative estimate of drug-likeness (QED) is 0.873. The highest BCUT2D eigenvalue weighted by Crippen LogP contribution is 2.20. The fraction of sp³-hybridized carbons (Fsp3) is 0.722. The summed E-state index contributed by atoms with van der Waals surface area (Å²) in [4.78, 5) is 14.2. The van der Waals surface area contributed by atoms with E-state index in [1.165, 1.54) is 5.69 Å². The second-order valence-electron chi connectivity index (χ2n) is 7.29. The molecule has 1 amide bonds. The summed E-state index contributed by atoms with van der Waals surface area (Å²) in [5.41, 5.74) is 0.868. The largest absolute Gasteiger partial charge is 0.444 e. The second-order valence-corrected chi connectivity index (χ2v) is 7.29. The third kappa shape index (κ3) is 5.27. The molecule has 5 nitrogen and oxygen atoms in total. The monoisotopic (exact) mass is 321 g/mol. The Bertz CT molecular complexity index is 505. The molecule has 2 rings (SSSR count). The van der Waals surface area contributed by atoms with Crippen LogP contribution in [0.5, 0.6) is 0 Å². The van der Waals surface area contributed by atoms with Crippen molar-refractivity contribution in [3.8, 4) is 0 Å². The summed E-state index contributed by atoms with van der Waals surface area (Å²) in [6, 6.07) is 4.48. The number of hydrogen-bond acceptors (Lipinski definition) is 3. The molecule has 0 saturated carbocycles. The molecule has 0 aliphatic carbocycles. The van der Waals surface area contributed by atoms with Gasteiger partial charge in [-0.15, -0.1) is 0 Å². The van der Waals surface area contributed by atoms with Gasteiger partial charge in [0, 0.05) is 44.1 Å². The van der Waals surface area contributed by atoms with Crippen LogP contribution in [-0.4, -0.2) is 40.3 Å². The number of amides is 1. The first-order valence-electron chi connectivity index (χ1n) is 8.75. The Hall–Kier alpha value is -1.49. The van der Waals surface area contributed by atoms with E-state index < -0.39 is 5.60 Å². The van der Waals surface area contributed by atoms with Gasteiger partial charge in [-0.1, -0.05) is 6.92 Å². The number of likely N-dealkylation sites (tertiary alicyclic amines) is 1. The first kappa shape index (κ1) is 17.9. The number of rotatable bonds is 6. The number of aryl methyl sites for hydroxylation is 1. The molecule has 1 aromatic heterocycles. The molecular formula is C18H31N3O2. The van der Waals surface area contributed by atoms with Crippen LogP contribution < -0.4 is 5.32 Å². The average molecular weight is 321 g/mol. The summed E-state index contributed by atoms with van der Waals surface area (Å²) < 4.78 is 7.80. The third-order valence-corrected chi connectivity index (χ3v) is 4.08. The molecule has 130 valence electrons. The van der Waals surface area contributed by atoms with Crippen molar-refractivity contribution in [2.45, 2.75) is 71.7 Å². The molecule has 1 atom stereocenters. The maximum Gasteiger partial charge on any atom is 0.410 e. The first-order chi connectivity index (χ1) is 10.9. The van der Waals surface area contributed by atoms with Gasteiger partial charge in [-0.2, -0.15) is 0 Å². The molecule has 0 radical (unpaired) electrons. The molecule has 5 heteroatoms. The molecule has 1 aromatic rings. The second kappa shape index (κ2) is 7.86. The van der Waals surface area contributed by atoms with E-state index in [1.807, 2.05) is 25.7 Å². The minimum Gasteiger partial charge on any atom is -0.444 e. The summed E-state index contributed by atoms with van der Waals surface area (Å²) in [5, 5.41) is 3.51. The minimum absolute atomic E-state index is 0.184. The van der Waals surface area contributed by atoms with E-state index in [0.29, 0.717) is 0 Å². The Morgan fingerprint density at radius 1 is 1.43 bits per heavy atom. The van der Waals surface area contributed by atoms with E-state index >= 15 is 0 Å². The molecule has 1 fully saturated rings. The minimum atomic E-state index is -0.432. The Kier molecular flexibility index (Phi) is 6.10. The van der Waals surface area contributed by atoms with E-state index in [-0.39, 0.29) is 12.1 Å². The van der Waals surface area contributed by atoms with Gasteiger partial charge in [0.15, 0.2) is 0 Å². The van der Waals surface area contributed by atoms with Crippen molar-refractivity contribution in [3.63, 3.8) is 0 Å². The predicted molar refractivity (Wildman–Crippen MR) is 92.4 cm³/mol. The van der Waals surface area contributed by atoms with E-state index in [9.17, 15) is 4.79 Å². The van der Waals surface area contributed by atoms with Crippen molar-refractivity contribution in [3.05, 3.63) is 24.0 Å². The van der Waals surface area contributed by atoms with Crippen LogP contribution in [0.4, 0.5) is 4.79 Å². The van der Waals surface area contributed by atoms with Gasteiger partial charge in [-0.25, -0.2) is 4.79 Å². The fourth-order valence-corrected chi connectivity index (χ4v) is 3.04. The number of hydrogen-bond donors (Lipinski definition) is 1. The highest BCUT2D eigenvalue weighted by molar-refractivity contribution is 5.69. The number of ether oxygens (including phenoxy) is 1. The van der Waals surface area contributed by atoms with Crippen molar-refractivity contribution >= 4 is 6.09 Å². The normalized spacial score (nSPS) is 18.4. The van der Waals surface area contributed by atoms with Gasteiger partial charge in [-0.05, 0) is 52.2 Å². The van der Waals surface area contributed by atoms with Crippen LogP contribution in [0.3, 0.4) is 0 Å². The van der Waals surface area contributed by atoms with Gasteiger partial charge in [0.25, 0.3) is 0 Å². The van der Waals surface area contributed by atoms with Gasteiger partial charge in [-0.3, -0.25) is 0 Å². The van der Waals surface area contributed by atoms with E-state index in [0.717, 1.165) is 45.4 Å². The Morgan fingerprint density at radius 2 is 2.22 bits per heavy atom. The Balaban J connectivity index is 1.82. The van der Waals surface area contributed by atoms with E-state index in [4.69, 9.17) is 4.74 Å². The lowest BCUT2D eigenvalue weighted by molar-refractivity contribution is 0.0226. The molecule has 0 aromatic carbocycles. The summed E-state index contributed by atoms with van der Waals surface area (Å²) in [6.07, 6.45) is 5.18. The standard InChI is InChI=1S/C18H31N3O2/c1-5-10-20-11-6-8-15(20)13-19-14-16-9-7-12-21(16)17(22)23-18(2,3)4/h6,8,11,16,19H,5,7,9-10,12-14H2,1-4H3. The molecule has 1 saturated heterocycles. The summed E-state index contributed by atoms with van der Waals surface area (Å²) in [7, 11) is 0. The van der Waals surface area contributed by atoms with Crippen molar-refractivity contribution in [2.75, 3.05) is 13.1 Å². The topological polar surface area (TPSA) is 46.5 Å². The zero-order valence-corrected chi connectivity index (χ0v) is 15.0.